The number of hydrogen-bond donors (Lipinski definition) is 3. The fourth-order valence-electron chi connectivity index (χ4n) is 1.08. The molecule has 8 nitrogen and oxygen atoms in total. The van der Waals surface area contributed by atoms with Crippen molar-refractivity contribution in [2.75, 3.05) is 10.5 Å². The number of rotatable bonds is 3. The van der Waals surface area contributed by atoms with Crippen molar-refractivity contribution in [1.29, 1.82) is 0 Å². The van der Waals surface area contributed by atoms with E-state index in [1.165, 1.54) is 6.07 Å². The maximum absolute atomic E-state index is 11.8. The molecule has 0 saturated carbocycles. The third-order valence-electron chi connectivity index (χ3n) is 1.79. The van der Waals surface area contributed by atoms with Crippen LogP contribution in [0.15, 0.2) is 23.5 Å². The van der Waals surface area contributed by atoms with Gasteiger partial charge in [0.2, 0.25) is 0 Å². The van der Waals surface area contributed by atoms with Crippen LogP contribution in [0, 0.1) is 0 Å². The van der Waals surface area contributed by atoms with Crippen molar-refractivity contribution >= 4 is 33.3 Å². The fraction of sp³-hybridized carbons (Fsp3) is 0. The first-order chi connectivity index (χ1) is 7.99. The van der Waals surface area contributed by atoms with E-state index in [0.717, 1.165) is 12.5 Å². The number of halogens is 1. The molecule has 17 heavy (non-hydrogen) atoms. The Labute approximate surface area is 101 Å². The Morgan fingerprint density at radius 3 is 2.76 bits per heavy atom. The van der Waals surface area contributed by atoms with Crippen LogP contribution in [0.2, 0.25) is 5.15 Å². The van der Waals surface area contributed by atoms with Crippen LogP contribution >= 0.6 is 11.6 Å². The minimum absolute atomic E-state index is 0.0469. The summed E-state index contributed by atoms with van der Waals surface area (Å²) in [4.78, 5) is 7.17. The third-order valence-corrected chi connectivity index (χ3v) is 3.38. The zero-order chi connectivity index (χ0) is 12.5. The van der Waals surface area contributed by atoms with Gasteiger partial charge in [0.05, 0.1) is 6.20 Å². The summed E-state index contributed by atoms with van der Waals surface area (Å²) in [6.45, 7) is 0. The van der Waals surface area contributed by atoms with Crippen molar-refractivity contribution in [3.63, 3.8) is 0 Å². The number of nitrogen functional groups attached to an aromatic ring is 1. The number of H-pyrrole nitrogens is 1. The lowest BCUT2D eigenvalue weighted by Gasteiger charge is -2.05. The lowest BCUT2D eigenvalue weighted by atomic mass is 10.6. The van der Waals surface area contributed by atoms with E-state index < -0.39 is 10.0 Å². The molecule has 0 aliphatic rings. The van der Waals surface area contributed by atoms with Crippen LogP contribution < -0.4 is 10.5 Å². The molecule has 0 saturated heterocycles. The number of nitrogens with two attached hydrogens (primary N) is 1. The van der Waals surface area contributed by atoms with E-state index in [-0.39, 0.29) is 21.7 Å². The van der Waals surface area contributed by atoms with Crippen molar-refractivity contribution in [2.24, 2.45) is 0 Å². The van der Waals surface area contributed by atoms with Crippen molar-refractivity contribution < 1.29 is 8.42 Å². The second-order valence-electron chi connectivity index (χ2n) is 2.98. The topological polar surface area (TPSA) is 127 Å². The van der Waals surface area contributed by atoms with Crippen LogP contribution in [0.5, 0.6) is 0 Å². The Kier molecular flexibility index (Phi) is 2.86. The highest BCUT2D eigenvalue weighted by Crippen LogP contribution is 2.18. The summed E-state index contributed by atoms with van der Waals surface area (Å²) in [6.07, 6.45) is 2.24. The highest BCUT2D eigenvalue weighted by atomic mass is 35.5. The highest BCUT2D eigenvalue weighted by Gasteiger charge is 2.19. The van der Waals surface area contributed by atoms with Gasteiger partial charge in [-0.2, -0.15) is 5.10 Å². The van der Waals surface area contributed by atoms with Crippen molar-refractivity contribution in [3.05, 3.63) is 23.7 Å². The van der Waals surface area contributed by atoms with Crippen molar-refractivity contribution in [2.45, 2.75) is 4.90 Å². The van der Waals surface area contributed by atoms with Crippen LogP contribution in [-0.2, 0) is 10.0 Å². The molecule has 0 radical (unpaired) electrons. The predicted molar refractivity (Wildman–Crippen MR) is 60.9 cm³/mol. The molecule has 0 unspecified atom stereocenters. The van der Waals surface area contributed by atoms with Gasteiger partial charge in [0.25, 0.3) is 10.0 Å². The average Bonchev–Trinajstić information content (AvgIpc) is 2.64. The SMILES string of the molecule is Nc1[nH]ncc1S(=O)(=O)Nc1cc(Cl)ncn1. The zero-order valence-corrected chi connectivity index (χ0v) is 9.83. The van der Waals surface area contributed by atoms with Gasteiger partial charge in [0.1, 0.15) is 28.0 Å². The van der Waals surface area contributed by atoms with Gasteiger partial charge in [0.15, 0.2) is 0 Å². The second kappa shape index (κ2) is 4.18. The average molecular weight is 275 g/mol. The summed E-state index contributed by atoms with van der Waals surface area (Å²) >= 11 is 5.60. The number of anilines is 2. The summed E-state index contributed by atoms with van der Waals surface area (Å²) < 4.78 is 25.9. The van der Waals surface area contributed by atoms with Gasteiger partial charge in [-0.15, -0.1) is 0 Å². The molecule has 0 amide bonds. The van der Waals surface area contributed by atoms with Crippen molar-refractivity contribution in [3.8, 4) is 0 Å². The van der Waals surface area contributed by atoms with E-state index in [1.54, 1.807) is 0 Å². The summed E-state index contributed by atoms with van der Waals surface area (Å²) in [5.74, 6) is -0.0109. The lowest BCUT2D eigenvalue weighted by molar-refractivity contribution is 0.601. The van der Waals surface area contributed by atoms with Gasteiger partial charge < -0.3 is 5.73 Å². The van der Waals surface area contributed by atoms with Crippen LogP contribution in [-0.4, -0.2) is 28.6 Å². The molecule has 10 heteroatoms. The van der Waals surface area contributed by atoms with Gasteiger partial charge in [-0.25, -0.2) is 18.4 Å². The molecule has 90 valence electrons. The molecule has 4 N–H and O–H groups in total. The van der Waals surface area contributed by atoms with E-state index in [2.05, 4.69) is 24.9 Å². The van der Waals surface area contributed by atoms with Crippen LogP contribution in [0.3, 0.4) is 0 Å². The second-order valence-corrected chi connectivity index (χ2v) is 5.02. The largest absolute Gasteiger partial charge is 0.383 e. The molecular formula is C7H7ClN6O2S. The van der Waals surface area contributed by atoms with Crippen LogP contribution in [0.25, 0.3) is 0 Å². The monoisotopic (exact) mass is 274 g/mol. The molecule has 0 spiro atoms. The van der Waals surface area contributed by atoms with Crippen LogP contribution in [0.1, 0.15) is 0 Å². The van der Waals surface area contributed by atoms with E-state index in [9.17, 15) is 8.42 Å². The highest BCUT2D eigenvalue weighted by molar-refractivity contribution is 7.92. The van der Waals surface area contributed by atoms with E-state index in [1.807, 2.05) is 0 Å². The maximum atomic E-state index is 11.8. The number of aromatic nitrogens is 4. The van der Waals surface area contributed by atoms with Gasteiger partial charge in [0, 0.05) is 6.07 Å². The van der Waals surface area contributed by atoms with Crippen LogP contribution in [0.4, 0.5) is 11.6 Å². The number of aromatic amines is 1. The zero-order valence-electron chi connectivity index (χ0n) is 8.25. The van der Waals surface area contributed by atoms with E-state index in [4.69, 9.17) is 17.3 Å². The lowest BCUT2D eigenvalue weighted by Crippen LogP contribution is -2.14. The Hall–Kier alpha value is -1.87. The molecule has 0 aliphatic carbocycles. The Morgan fingerprint density at radius 1 is 1.41 bits per heavy atom. The number of nitrogens with zero attached hydrogens (tertiary/aromatic N) is 3. The molecule has 0 atom stereocenters. The molecule has 0 aliphatic heterocycles. The Morgan fingerprint density at radius 2 is 2.18 bits per heavy atom. The van der Waals surface area contributed by atoms with E-state index in [0.29, 0.717) is 0 Å². The molecule has 0 fully saturated rings. The third kappa shape index (κ3) is 2.45. The number of hydrogen-bond acceptors (Lipinski definition) is 6. The van der Waals surface area contributed by atoms with Gasteiger partial charge in [-0.3, -0.25) is 9.82 Å². The Bertz CT molecular complexity index is 639. The smallest absolute Gasteiger partial charge is 0.268 e. The summed E-state index contributed by atoms with van der Waals surface area (Å²) in [5, 5.41) is 5.96. The first-order valence-electron chi connectivity index (χ1n) is 4.28. The molecule has 0 bridgehead atoms. The molecule has 2 aromatic rings. The first-order valence-corrected chi connectivity index (χ1v) is 6.14. The molecule has 2 rings (SSSR count). The standard InChI is InChI=1S/C7H7ClN6O2S/c8-5-1-6(11-3-10-5)14-17(15,16)4-2-12-13-7(4)9/h1-3H,(H3,9,12,13)(H,10,11,14). The predicted octanol–water partition coefficient (Wildman–Crippen LogP) is 0.236. The summed E-state index contributed by atoms with van der Waals surface area (Å²) in [5.41, 5.74) is 5.41. The van der Waals surface area contributed by atoms with Crippen molar-refractivity contribution in [1.82, 2.24) is 20.2 Å². The summed E-state index contributed by atoms with van der Waals surface area (Å²) in [7, 11) is -3.84. The Balaban J connectivity index is 2.33. The minimum Gasteiger partial charge on any atom is -0.383 e. The van der Waals surface area contributed by atoms with Gasteiger partial charge >= 0.3 is 0 Å². The first kappa shape index (κ1) is 11.6. The summed E-state index contributed by atoms with van der Waals surface area (Å²) in [6, 6.07) is 1.27. The van der Waals surface area contributed by atoms with Gasteiger partial charge in [-0.05, 0) is 0 Å². The molecule has 2 aromatic heterocycles. The fourth-order valence-corrected chi connectivity index (χ4v) is 2.25. The number of nitrogens with one attached hydrogen (secondary N) is 2. The maximum Gasteiger partial charge on any atom is 0.268 e. The molecular weight excluding hydrogens is 268 g/mol. The van der Waals surface area contributed by atoms with Gasteiger partial charge in [-0.1, -0.05) is 11.6 Å². The molecule has 2 heterocycles. The van der Waals surface area contributed by atoms with E-state index >= 15 is 0 Å². The quantitative estimate of drug-likeness (QED) is 0.688. The normalized spacial score (nSPS) is 11.4. The number of sulfonamides is 1. The molecule has 0 aromatic carbocycles. The minimum atomic E-state index is -3.84.